The molecular weight excluding hydrogens is 584 g/mol. The Bertz CT molecular complexity index is 1380. The molecule has 1 fully saturated rings. The third kappa shape index (κ3) is 7.43. The molecule has 25 heteroatoms. The number of aliphatic hydroxyl groups is 1. The van der Waals surface area contributed by atoms with Gasteiger partial charge in [-0.25, -0.2) is 28.2 Å². The first-order valence-corrected chi connectivity index (χ1v) is 15.1. The molecule has 0 radical (unpaired) electrons. The van der Waals surface area contributed by atoms with Crippen LogP contribution < -0.4 is 5.56 Å². The van der Waals surface area contributed by atoms with Gasteiger partial charge in [-0.3, -0.25) is 18.4 Å². The van der Waals surface area contributed by atoms with Crippen LogP contribution in [0.5, 0.6) is 0 Å². The summed E-state index contributed by atoms with van der Waals surface area (Å²) < 4.78 is 68.3. The predicted molar refractivity (Wildman–Crippen MR) is 110 cm³/mol. The van der Waals surface area contributed by atoms with Crippen molar-refractivity contribution in [3.63, 3.8) is 0 Å². The predicted octanol–water partition coefficient (Wildman–Crippen LogP) is -1.49. The number of fused-ring (bicyclic) bond motifs is 1. The molecule has 2 aromatic heterocycles. The highest BCUT2D eigenvalue weighted by molar-refractivity contribution is 7.61. The molecule has 0 bridgehead atoms. The largest absolute Gasteiger partial charge is 0.481 e. The summed E-state index contributed by atoms with van der Waals surface area (Å²) in [6, 6.07) is 0. The lowest BCUT2D eigenvalue weighted by atomic mass is 10.1. The Hall–Kier alpha value is -1.21. The Balaban J connectivity index is 1.95. The number of rotatable bonds is 10. The second-order valence-corrected chi connectivity index (χ2v) is 12.6. The number of aromatic amines is 1. The van der Waals surface area contributed by atoms with Crippen molar-refractivity contribution in [2.75, 3.05) is 6.61 Å². The molecule has 8 N–H and O–H groups in total. The van der Waals surface area contributed by atoms with E-state index >= 15 is 0 Å². The second kappa shape index (κ2) is 10.2. The minimum Gasteiger partial charge on any atom is -0.386 e. The minimum atomic E-state index is -5.64. The van der Waals surface area contributed by atoms with Gasteiger partial charge in [0.05, 0.1) is 12.9 Å². The first-order valence-electron chi connectivity index (χ1n) is 9.06. The van der Waals surface area contributed by atoms with Gasteiger partial charge in [-0.15, -0.1) is 0 Å². The van der Waals surface area contributed by atoms with E-state index in [0.717, 1.165) is 10.9 Å². The maximum atomic E-state index is 12.1. The van der Waals surface area contributed by atoms with Crippen LogP contribution in [0.4, 0.5) is 0 Å². The molecule has 204 valence electrons. The van der Waals surface area contributed by atoms with Crippen LogP contribution in [-0.2, 0) is 40.7 Å². The van der Waals surface area contributed by atoms with Gasteiger partial charge in [-0.1, -0.05) is 0 Å². The molecule has 0 aromatic carbocycles. The molecular formula is C11H18N4O17P4. The Morgan fingerprint density at radius 3 is 2.22 bits per heavy atom. The van der Waals surface area contributed by atoms with Crippen LogP contribution in [0.15, 0.2) is 11.1 Å². The highest BCUT2D eigenvalue weighted by Crippen LogP contribution is 2.60. The van der Waals surface area contributed by atoms with Crippen LogP contribution in [0, 0.1) is 6.92 Å². The maximum absolute atomic E-state index is 12.1. The molecule has 0 spiro atoms. The molecule has 3 rings (SSSR count). The molecule has 3 heterocycles. The first kappa shape index (κ1) is 29.3. The summed E-state index contributed by atoms with van der Waals surface area (Å²) in [5.41, 5.74) is -1.06. The summed E-state index contributed by atoms with van der Waals surface area (Å²) in [7, 11) is -22.2. The smallest absolute Gasteiger partial charge is 0.386 e. The van der Waals surface area contributed by atoms with E-state index in [1.165, 1.54) is 6.92 Å². The molecule has 6 atom stereocenters. The summed E-state index contributed by atoms with van der Waals surface area (Å²) in [6.07, 6.45) is -6.70. The summed E-state index contributed by atoms with van der Waals surface area (Å²) in [5, 5.41) is 10.7. The van der Waals surface area contributed by atoms with Crippen molar-refractivity contribution < 1.29 is 75.1 Å². The third-order valence-corrected chi connectivity index (χ3v) is 8.55. The van der Waals surface area contributed by atoms with Gasteiger partial charge in [0.25, 0.3) is 5.56 Å². The van der Waals surface area contributed by atoms with Crippen molar-refractivity contribution in [1.82, 2.24) is 19.5 Å². The first-order chi connectivity index (χ1) is 16.3. The van der Waals surface area contributed by atoms with E-state index in [0.29, 0.717) is 0 Å². The lowest BCUT2D eigenvalue weighted by molar-refractivity contribution is -0.0501. The number of aromatic nitrogens is 4. The van der Waals surface area contributed by atoms with Crippen molar-refractivity contribution in [2.24, 2.45) is 0 Å². The molecule has 0 saturated carbocycles. The fourth-order valence-electron chi connectivity index (χ4n) is 3.07. The summed E-state index contributed by atoms with van der Waals surface area (Å²) >= 11 is 0. The van der Waals surface area contributed by atoms with Crippen molar-refractivity contribution in [2.45, 2.75) is 31.5 Å². The molecule has 1 aliphatic rings. The minimum absolute atomic E-state index is 0.111. The lowest BCUT2D eigenvalue weighted by Crippen LogP contribution is -2.36. The lowest BCUT2D eigenvalue weighted by Gasteiger charge is -2.23. The van der Waals surface area contributed by atoms with Crippen molar-refractivity contribution >= 4 is 42.5 Å². The van der Waals surface area contributed by atoms with Crippen LogP contribution in [0.3, 0.4) is 0 Å². The van der Waals surface area contributed by atoms with Crippen molar-refractivity contribution in [3.8, 4) is 0 Å². The van der Waals surface area contributed by atoms with Crippen molar-refractivity contribution in [1.29, 1.82) is 0 Å². The number of nitrogens with zero attached hydrogens (tertiary/aromatic N) is 3. The fraction of sp³-hybridized carbons (Fsp3) is 0.545. The van der Waals surface area contributed by atoms with E-state index in [4.69, 9.17) is 24.3 Å². The number of H-pyrrole nitrogens is 1. The molecule has 36 heavy (non-hydrogen) atoms. The number of hydrogen-bond acceptors (Lipinski definition) is 13. The van der Waals surface area contributed by atoms with Gasteiger partial charge in [0.2, 0.25) is 0 Å². The van der Waals surface area contributed by atoms with Crippen LogP contribution >= 0.6 is 31.3 Å². The number of nitrogens with one attached hydrogen (secondary N) is 1. The average molecular weight is 602 g/mol. The van der Waals surface area contributed by atoms with E-state index in [9.17, 15) is 37.9 Å². The van der Waals surface area contributed by atoms with Gasteiger partial charge in [0.15, 0.2) is 17.4 Å². The number of phosphoric acid groups is 4. The van der Waals surface area contributed by atoms with Gasteiger partial charge in [-0.2, -0.15) is 8.62 Å². The van der Waals surface area contributed by atoms with E-state index < -0.39 is 68.0 Å². The highest BCUT2D eigenvalue weighted by Gasteiger charge is 2.51. The number of aryl methyl sites for hydroxylation is 1. The number of phosphoric ester groups is 2. The molecule has 2 aromatic rings. The SMILES string of the molecule is Cc1nc2c(ncn2[C@@H]2O[C@H](COP(=O)(O)OP(=O)(O)O)C(OP(=O)(O)OP(=O)(O)O)[C@@H]2O)c(=O)[nH]1. The molecule has 3 unspecified atom stereocenters. The standard InChI is InChI=1S/C11H18N4O17P4/c1-4-13-9-6(10(17)14-4)12-3-15(9)11-7(16)8(30-36(26,27)32-34(21,22)23)5(29-11)2-28-35(24,25)31-33(18,19)20/h3,5,7-8,11,16H,2H2,1H3,(H,24,25)(H,26,27)(H,13,14,17)(H2,18,19,20)(H2,21,22,23)/t5-,7+,8?,11-/m1/s1. The van der Waals surface area contributed by atoms with E-state index in [1.807, 2.05) is 0 Å². The van der Waals surface area contributed by atoms with Crippen LogP contribution in [0.2, 0.25) is 0 Å². The van der Waals surface area contributed by atoms with Gasteiger partial charge >= 0.3 is 31.3 Å². The Labute approximate surface area is 198 Å². The second-order valence-electron chi connectivity index (χ2n) is 6.98. The zero-order valence-corrected chi connectivity index (χ0v) is 21.0. The topological polar surface area (TPSA) is 320 Å². The maximum Gasteiger partial charge on any atom is 0.481 e. The fourth-order valence-corrected chi connectivity index (χ4v) is 6.47. The Kier molecular flexibility index (Phi) is 8.28. The van der Waals surface area contributed by atoms with Crippen LogP contribution in [-0.4, -0.2) is 78.9 Å². The van der Waals surface area contributed by atoms with Crippen LogP contribution in [0.1, 0.15) is 12.1 Å². The highest BCUT2D eigenvalue weighted by atomic mass is 31.3. The van der Waals surface area contributed by atoms with Gasteiger partial charge in [0, 0.05) is 0 Å². The molecule has 21 nitrogen and oxygen atoms in total. The summed E-state index contributed by atoms with van der Waals surface area (Å²) in [5.74, 6) is 0.111. The van der Waals surface area contributed by atoms with E-state index in [1.54, 1.807) is 0 Å². The average Bonchev–Trinajstić information content (AvgIpc) is 3.18. The number of hydrogen-bond donors (Lipinski definition) is 8. The summed E-state index contributed by atoms with van der Waals surface area (Å²) in [6.45, 7) is 0.204. The van der Waals surface area contributed by atoms with Crippen LogP contribution in [0.25, 0.3) is 11.2 Å². The summed E-state index contributed by atoms with van der Waals surface area (Å²) in [4.78, 5) is 76.4. The Morgan fingerprint density at radius 1 is 1.06 bits per heavy atom. The molecule has 0 aliphatic carbocycles. The van der Waals surface area contributed by atoms with E-state index in [2.05, 4.69) is 32.6 Å². The molecule has 1 aliphatic heterocycles. The third-order valence-electron chi connectivity index (χ3n) is 4.21. The number of ether oxygens (including phenoxy) is 1. The monoisotopic (exact) mass is 602 g/mol. The quantitative estimate of drug-likeness (QED) is 0.144. The van der Waals surface area contributed by atoms with E-state index in [-0.39, 0.29) is 17.0 Å². The zero-order chi connectivity index (χ0) is 27.3. The Morgan fingerprint density at radius 2 is 1.64 bits per heavy atom. The van der Waals surface area contributed by atoms with Gasteiger partial charge in [-0.05, 0) is 6.92 Å². The normalized spacial score (nSPS) is 26.7. The molecule has 0 amide bonds. The van der Waals surface area contributed by atoms with Crippen molar-refractivity contribution in [3.05, 3.63) is 22.5 Å². The number of aliphatic hydroxyl groups excluding tert-OH is 1. The van der Waals surface area contributed by atoms with Gasteiger partial charge in [0.1, 0.15) is 24.1 Å². The number of imidazole rings is 1. The molecule has 1 saturated heterocycles. The zero-order valence-electron chi connectivity index (χ0n) is 17.4. The van der Waals surface area contributed by atoms with Gasteiger partial charge < -0.3 is 44.2 Å².